The topological polar surface area (TPSA) is 28.2 Å². The molecule has 0 saturated carbocycles. The molecular weight excluding hydrogens is 270 g/mol. The monoisotopic (exact) mass is 295 g/mol. The van der Waals surface area contributed by atoms with Gasteiger partial charge in [0.15, 0.2) is 0 Å². The van der Waals surface area contributed by atoms with E-state index in [1.165, 1.54) is 16.7 Å². The molecule has 0 bridgehead atoms. The number of nitrogens with one attached hydrogen (secondary N) is 1. The molecule has 3 rings (SSSR count). The molecule has 1 aliphatic carbocycles. The lowest BCUT2D eigenvalue weighted by Gasteiger charge is -2.29. The Bertz CT molecular complexity index is 644. The molecule has 2 aromatic rings. The zero-order valence-corrected chi connectivity index (χ0v) is 13.9. The smallest absolute Gasteiger partial charge is 0.126 e. The largest absolute Gasteiger partial charge is 0.366 e. The highest BCUT2D eigenvalue weighted by Crippen LogP contribution is 2.39. The van der Waals surface area contributed by atoms with E-state index in [1.54, 1.807) is 0 Å². The average molecular weight is 295 g/mol. The summed E-state index contributed by atoms with van der Waals surface area (Å²) in [5, 5.41) is 3.63. The van der Waals surface area contributed by atoms with Crippen LogP contribution in [0.2, 0.25) is 0 Å². The lowest BCUT2D eigenvalue weighted by atomic mass is 9.83. The number of nitrogens with zero attached hydrogens (tertiary/aromatic N) is 2. The van der Waals surface area contributed by atoms with Crippen LogP contribution in [0.5, 0.6) is 0 Å². The Hall–Kier alpha value is -1.87. The van der Waals surface area contributed by atoms with Gasteiger partial charge < -0.3 is 10.2 Å². The molecule has 0 radical (unpaired) electrons. The zero-order chi connectivity index (χ0) is 15.7. The highest BCUT2D eigenvalue weighted by Gasteiger charge is 2.39. The Balaban J connectivity index is 1.74. The molecule has 22 heavy (non-hydrogen) atoms. The van der Waals surface area contributed by atoms with Crippen molar-refractivity contribution in [3.8, 4) is 0 Å². The molecular formula is C19H25N3. The van der Waals surface area contributed by atoms with Gasteiger partial charge in [-0.3, -0.25) is 0 Å². The van der Waals surface area contributed by atoms with Crippen molar-refractivity contribution in [3.05, 3.63) is 59.3 Å². The van der Waals surface area contributed by atoms with Crippen LogP contribution in [-0.4, -0.2) is 30.0 Å². The quantitative estimate of drug-likeness (QED) is 0.936. The molecule has 1 heterocycles. The fraction of sp³-hybridized carbons (Fsp3) is 0.421. The van der Waals surface area contributed by atoms with E-state index < -0.39 is 0 Å². The van der Waals surface area contributed by atoms with Crippen molar-refractivity contribution < 1.29 is 0 Å². The van der Waals surface area contributed by atoms with Crippen LogP contribution in [0.4, 0.5) is 5.82 Å². The van der Waals surface area contributed by atoms with E-state index in [0.717, 1.165) is 18.8 Å². The van der Waals surface area contributed by atoms with Crippen LogP contribution in [0.15, 0.2) is 42.6 Å². The second kappa shape index (κ2) is 5.73. The summed E-state index contributed by atoms with van der Waals surface area (Å²) in [5.41, 5.74) is 4.27. The number of pyridine rings is 1. The van der Waals surface area contributed by atoms with Crippen LogP contribution in [0.1, 0.15) is 30.5 Å². The highest BCUT2D eigenvalue weighted by molar-refractivity contribution is 5.47. The maximum atomic E-state index is 4.59. The van der Waals surface area contributed by atoms with Gasteiger partial charge in [-0.05, 0) is 43.3 Å². The first-order chi connectivity index (χ1) is 10.5. The average Bonchev–Trinajstić information content (AvgIpc) is 2.72. The molecule has 0 fully saturated rings. The predicted octanol–water partition coefficient (Wildman–Crippen LogP) is 3.46. The van der Waals surface area contributed by atoms with Crippen molar-refractivity contribution in [1.82, 2.24) is 9.88 Å². The second-order valence-corrected chi connectivity index (χ2v) is 7.07. The van der Waals surface area contributed by atoms with Crippen LogP contribution in [-0.2, 0) is 18.4 Å². The SMILES string of the molecule is CN(C)Cc1ccc(NC2Cc3ccccc3C2(C)C)nc1. The van der Waals surface area contributed by atoms with Gasteiger partial charge in [0.25, 0.3) is 0 Å². The number of hydrogen-bond donors (Lipinski definition) is 1. The Labute approximate surface area is 133 Å². The Morgan fingerprint density at radius 2 is 1.95 bits per heavy atom. The summed E-state index contributed by atoms with van der Waals surface area (Å²) in [6.45, 7) is 5.56. The maximum absolute atomic E-state index is 4.59. The van der Waals surface area contributed by atoms with E-state index in [-0.39, 0.29) is 5.41 Å². The van der Waals surface area contributed by atoms with Gasteiger partial charge >= 0.3 is 0 Å². The molecule has 1 aliphatic rings. The number of aromatic nitrogens is 1. The van der Waals surface area contributed by atoms with Gasteiger partial charge in [0.1, 0.15) is 5.82 Å². The van der Waals surface area contributed by atoms with Crippen molar-refractivity contribution in [1.29, 1.82) is 0 Å². The molecule has 1 aromatic heterocycles. The molecule has 0 aliphatic heterocycles. The zero-order valence-electron chi connectivity index (χ0n) is 13.9. The molecule has 0 amide bonds. The minimum Gasteiger partial charge on any atom is -0.366 e. The van der Waals surface area contributed by atoms with Gasteiger partial charge in [-0.1, -0.05) is 44.2 Å². The molecule has 1 unspecified atom stereocenters. The second-order valence-electron chi connectivity index (χ2n) is 7.07. The van der Waals surface area contributed by atoms with Crippen LogP contribution in [0.3, 0.4) is 0 Å². The standard InChI is InChI=1S/C19H25N3/c1-19(2)16-8-6-5-7-15(16)11-17(19)21-18-10-9-14(12-20-18)13-22(3)4/h5-10,12,17H,11,13H2,1-4H3,(H,20,21). The lowest BCUT2D eigenvalue weighted by Crippen LogP contribution is -2.36. The Morgan fingerprint density at radius 3 is 2.59 bits per heavy atom. The van der Waals surface area contributed by atoms with E-state index in [4.69, 9.17) is 0 Å². The van der Waals surface area contributed by atoms with E-state index in [0.29, 0.717) is 6.04 Å². The highest BCUT2D eigenvalue weighted by atomic mass is 15.1. The van der Waals surface area contributed by atoms with E-state index in [1.807, 2.05) is 6.20 Å². The third-order valence-electron chi connectivity index (χ3n) is 4.65. The van der Waals surface area contributed by atoms with Crippen molar-refractivity contribution in [2.24, 2.45) is 0 Å². The first kappa shape index (κ1) is 15.0. The van der Waals surface area contributed by atoms with Crippen molar-refractivity contribution in [3.63, 3.8) is 0 Å². The van der Waals surface area contributed by atoms with Gasteiger partial charge in [-0.2, -0.15) is 0 Å². The summed E-state index contributed by atoms with van der Waals surface area (Å²) in [5.74, 6) is 0.966. The van der Waals surface area contributed by atoms with Gasteiger partial charge in [-0.25, -0.2) is 4.98 Å². The number of fused-ring (bicyclic) bond motifs is 1. The lowest BCUT2D eigenvalue weighted by molar-refractivity contribution is 0.402. The van der Waals surface area contributed by atoms with Crippen LogP contribution < -0.4 is 5.32 Å². The molecule has 1 aromatic carbocycles. The summed E-state index contributed by atoms with van der Waals surface area (Å²) in [4.78, 5) is 6.74. The molecule has 3 heteroatoms. The van der Waals surface area contributed by atoms with E-state index >= 15 is 0 Å². The molecule has 0 saturated heterocycles. The van der Waals surface area contributed by atoms with Crippen molar-refractivity contribution in [2.45, 2.75) is 38.3 Å². The number of rotatable bonds is 4. The van der Waals surface area contributed by atoms with Gasteiger partial charge in [0, 0.05) is 24.2 Å². The first-order valence-corrected chi connectivity index (χ1v) is 7.91. The fourth-order valence-corrected chi connectivity index (χ4v) is 3.37. The van der Waals surface area contributed by atoms with Gasteiger partial charge in [0.2, 0.25) is 0 Å². The van der Waals surface area contributed by atoms with E-state index in [9.17, 15) is 0 Å². The van der Waals surface area contributed by atoms with E-state index in [2.05, 4.69) is 79.5 Å². The Morgan fingerprint density at radius 1 is 1.18 bits per heavy atom. The van der Waals surface area contributed by atoms with Crippen molar-refractivity contribution >= 4 is 5.82 Å². The van der Waals surface area contributed by atoms with Crippen LogP contribution >= 0.6 is 0 Å². The molecule has 116 valence electrons. The Kier molecular flexibility index (Phi) is 3.92. The number of anilines is 1. The maximum Gasteiger partial charge on any atom is 0.126 e. The van der Waals surface area contributed by atoms with Crippen LogP contribution in [0.25, 0.3) is 0 Å². The third kappa shape index (κ3) is 2.86. The molecule has 3 nitrogen and oxygen atoms in total. The van der Waals surface area contributed by atoms with Crippen molar-refractivity contribution in [2.75, 3.05) is 19.4 Å². The summed E-state index contributed by atoms with van der Waals surface area (Å²) in [6, 6.07) is 13.4. The number of benzene rings is 1. The minimum atomic E-state index is 0.126. The van der Waals surface area contributed by atoms with Gasteiger partial charge in [0.05, 0.1) is 0 Å². The summed E-state index contributed by atoms with van der Waals surface area (Å²) < 4.78 is 0. The normalized spacial score (nSPS) is 19.2. The van der Waals surface area contributed by atoms with Crippen LogP contribution in [0, 0.1) is 0 Å². The molecule has 0 spiro atoms. The summed E-state index contributed by atoms with van der Waals surface area (Å²) in [7, 11) is 4.15. The summed E-state index contributed by atoms with van der Waals surface area (Å²) >= 11 is 0. The molecule has 1 N–H and O–H groups in total. The minimum absolute atomic E-state index is 0.126. The predicted molar refractivity (Wildman–Crippen MR) is 92.2 cm³/mol. The third-order valence-corrected chi connectivity index (χ3v) is 4.65. The fourth-order valence-electron chi connectivity index (χ4n) is 3.37. The summed E-state index contributed by atoms with van der Waals surface area (Å²) in [6.07, 6.45) is 3.03. The molecule has 1 atom stereocenters. The number of hydrogen-bond acceptors (Lipinski definition) is 3. The van der Waals surface area contributed by atoms with Gasteiger partial charge in [-0.15, -0.1) is 0 Å². The first-order valence-electron chi connectivity index (χ1n) is 7.91.